The fraction of sp³-hybridized carbons (Fsp3) is 0.154. The highest BCUT2D eigenvalue weighted by atomic mass is 79.9. The van der Waals surface area contributed by atoms with Crippen molar-refractivity contribution in [2.45, 2.75) is 6.54 Å². The number of carbonyl (C=O) groups excluding carboxylic acids is 1. The van der Waals surface area contributed by atoms with E-state index in [1.807, 2.05) is 30.3 Å². The van der Waals surface area contributed by atoms with E-state index in [4.69, 9.17) is 4.42 Å². The Bertz CT molecular complexity index is 545. The number of furan rings is 1. The van der Waals surface area contributed by atoms with Crippen molar-refractivity contribution in [1.82, 2.24) is 4.90 Å². The van der Waals surface area contributed by atoms with Crippen LogP contribution in [0.2, 0.25) is 0 Å². The van der Waals surface area contributed by atoms with Crippen LogP contribution in [0.3, 0.4) is 0 Å². The van der Waals surface area contributed by atoms with Gasteiger partial charge in [0.25, 0.3) is 0 Å². The van der Waals surface area contributed by atoms with Crippen LogP contribution in [0.25, 0.3) is 6.08 Å². The molecule has 94 valence electrons. The number of carbonyl (C=O) groups is 1. The van der Waals surface area contributed by atoms with Gasteiger partial charge in [0.1, 0.15) is 5.76 Å². The number of hydrogen-bond donors (Lipinski definition) is 0. The molecule has 1 amide bonds. The van der Waals surface area contributed by atoms with Gasteiger partial charge >= 0.3 is 0 Å². The molecule has 2 rings (SSSR count). The maximum Gasteiger partial charge on any atom is 0.246 e. The van der Waals surface area contributed by atoms with Gasteiger partial charge in [-0.1, -0.05) is 0 Å². The first kappa shape index (κ1) is 13.1. The van der Waals surface area contributed by atoms with E-state index >= 15 is 0 Å². The van der Waals surface area contributed by atoms with Gasteiger partial charge in [0.05, 0.1) is 16.6 Å². The molecule has 0 aliphatic heterocycles. The van der Waals surface area contributed by atoms with Gasteiger partial charge in [-0.15, -0.1) is 11.3 Å². The molecular formula is C13H12BrNO2S. The van der Waals surface area contributed by atoms with E-state index in [9.17, 15) is 4.79 Å². The second-order valence-electron chi connectivity index (χ2n) is 3.75. The molecule has 2 aromatic heterocycles. The van der Waals surface area contributed by atoms with Crippen LogP contribution >= 0.6 is 27.3 Å². The van der Waals surface area contributed by atoms with E-state index in [0.29, 0.717) is 6.54 Å². The van der Waals surface area contributed by atoms with Crippen molar-refractivity contribution >= 4 is 39.2 Å². The Morgan fingerprint density at radius 2 is 2.33 bits per heavy atom. The Kier molecular flexibility index (Phi) is 4.38. The zero-order chi connectivity index (χ0) is 13.0. The second kappa shape index (κ2) is 6.02. The molecular weight excluding hydrogens is 314 g/mol. The fourth-order valence-corrected chi connectivity index (χ4v) is 2.74. The molecule has 2 aromatic rings. The Hall–Kier alpha value is -1.33. The summed E-state index contributed by atoms with van der Waals surface area (Å²) in [5.74, 6) is 0.731. The van der Waals surface area contributed by atoms with Gasteiger partial charge in [0.15, 0.2) is 0 Å². The van der Waals surface area contributed by atoms with Crippen LogP contribution < -0.4 is 0 Å². The third-order valence-corrected chi connectivity index (χ3v) is 3.92. The zero-order valence-corrected chi connectivity index (χ0v) is 12.2. The molecule has 2 heterocycles. The molecule has 18 heavy (non-hydrogen) atoms. The zero-order valence-electron chi connectivity index (χ0n) is 9.80. The summed E-state index contributed by atoms with van der Waals surface area (Å²) >= 11 is 4.97. The number of amides is 1. The van der Waals surface area contributed by atoms with Gasteiger partial charge in [-0.3, -0.25) is 4.79 Å². The highest BCUT2D eigenvalue weighted by molar-refractivity contribution is 9.11. The largest absolute Gasteiger partial charge is 0.467 e. The van der Waals surface area contributed by atoms with Crippen LogP contribution in [0, 0.1) is 0 Å². The molecule has 0 saturated heterocycles. The minimum atomic E-state index is -0.0454. The topological polar surface area (TPSA) is 33.5 Å². The summed E-state index contributed by atoms with van der Waals surface area (Å²) in [4.78, 5) is 14.5. The molecule has 0 fully saturated rings. The molecule has 0 aromatic carbocycles. The standard InChI is InChI=1S/C13H12BrNO2S/c1-15(9-10-3-2-8-17-10)13(16)7-5-11-4-6-12(14)18-11/h2-8H,9H2,1H3/b7-5+. The molecule has 0 bridgehead atoms. The lowest BCUT2D eigenvalue weighted by Gasteiger charge is -2.12. The number of nitrogens with zero attached hydrogens (tertiary/aromatic N) is 1. The molecule has 0 aliphatic rings. The SMILES string of the molecule is CN(Cc1ccco1)C(=O)/C=C/c1ccc(Br)s1. The monoisotopic (exact) mass is 325 g/mol. The fourth-order valence-electron chi connectivity index (χ4n) is 1.41. The third-order valence-electron chi connectivity index (χ3n) is 2.33. The molecule has 3 nitrogen and oxygen atoms in total. The number of halogens is 1. The third kappa shape index (κ3) is 3.58. The summed E-state index contributed by atoms with van der Waals surface area (Å²) in [5, 5.41) is 0. The number of rotatable bonds is 4. The van der Waals surface area contributed by atoms with Crippen molar-refractivity contribution in [3.63, 3.8) is 0 Å². The van der Waals surface area contributed by atoms with Gasteiger partial charge in [-0.2, -0.15) is 0 Å². The van der Waals surface area contributed by atoms with Crippen molar-refractivity contribution in [3.05, 3.63) is 51.0 Å². The van der Waals surface area contributed by atoms with Crippen molar-refractivity contribution in [3.8, 4) is 0 Å². The average Bonchev–Trinajstić information content (AvgIpc) is 2.97. The van der Waals surface area contributed by atoms with Gasteiger partial charge < -0.3 is 9.32 Å². The van der Waals surface area contributed by atoms with Gasteiger partial charge in [-0.25, -0.2) is 0 Å². The predicted molar refractivity (Wildman–Crippen MR) is 76.2 cm³/mol. The number of thiophene rings is 1. The van der Waals surface area contributed by atoms with Crippen molar-refractivity contribution in [2.75, 3.05) is 7.05 Å². The van der Waals surface area contributed by atoms with E-state index in [2.05, 4.69) is 15.9 Å². The van der Waals surface area contributed by atoms with E-state index in [1.54, 1.807) is 35.6 Å². The Balaban J connectivity index is 1.93. The van der Waals surface area contributed by atoms with Crippen LogP contribution in [0.5, 0.6) is 0 Å². The van der Waals surface area contributed by atoms with E-state index < -0.39 is 0 Å². The minimum absolute atomic E-state index is 0.0454. The summed E-state index contributed by atoms with van der Waals surface area (Å²) in [6, 6.07) is 7.59. The Labute approximate surface area is 118 Å². The van der Waals surface area contributed by atoms with E-state index in [1.165, 1.54) is 0 Å². The highest BCUT2D eigenvalue weighted by Gasteiger charge is 2.07. The number of hydrogen-bond acceptors (Lipinski definition) is 3. The maximum atomic E-state index is 11.8. The predicted octanol–water partition coefficient (Wildman–Crippen LogP) is 3.78. The lowest BCUT2D eigenvalue weighted by Crippen LogP contribution is -2.23. The lowest BCUT2D eigenvalue weighted by atomic mass is 10.3. The first-order valence-electron chi connectivity index (χ1n) is 5.36. The smallest absolute Gasteiger partial charge is 0.246 e. The summed E-state index contributed by atoms with van der Waals surface area (Å²) in [6.07, 6.45) is 4.99. The summed E-state index contributed by atoms with van der Waals surface area (Å²) in [7, 11) is 1.75. The first-order chi connectivity index (χ1) is 8.65. The van der Waals surface area contributed by atoms with E-state index in [0.717, 1.165) is 14.4 Å². The summed E-state index contributed by atoms with van der Waals surface area (Å²) in [5.41, 5.74) is 0. The Morgan fingerprint density at radius 3 is 2.94 bits per heavy atom. The lowest BCUT2D eigenvalue weighted by molar-refractivity contribution is -0.125. The van der Waals surface area contributed by atoms with E-state index in [-0.39, 0.29) is 5.91 Å². The molecule has 0 atom stereocenters. The molecule has 0 aliphatic carbocycles. The number of likely N-dealkylation sites (N-methyl/N-ethyl adjacent to an activating group) is 1. The molecule has 0 saturated carbocycles. The molecule has 5 heteroatoms. The Morgan fingerprint density at radius 1 is 1.50 bits per heavy atom. The van der Waals surface area contributed by atoms with Crippen LogP contribution in [0.4, 0.5) is 0 Å². The van der Waals surface area contributed by atoms with Crippen LogP contribution in [-0.4, -0.2) is 17.9 Å². The molecule has 0 spiro atoms. The van der Waals surface area contributed by atoms with Gasteiger partial charge in [0.2, 0.25) is 5.91 Å². The normalized spacial score (nSPS) is 11.0. The van der Waals surface area contributed by atoms with Crippen molar-refractivity contribution in [1.29, 1.82) is 0 Å². The molecule has 0 unspecified atom stereocenters. The molecule has 0 N–H and O–H groups in total. The summed E-state index contributed by atoms with van der Waals surface area (Å²) < 4.78 is 6.25. The van der Waals surface area contributed by atoms with Crippen LogP contribution in [-0.2, 0) is 11.3 Å². The average molecular weight is 326 g/mol. The van der Waals surface area contributed by atoms with Gasteiger partial charge in [0, 0.05) is 18.0 Å². The molecule has 0 radical (unpaired) electrons. The van der Waals surface area contributed by atoms with Crippen molar-refractivity contribution < 1.29 is 9.21 Å². The maximum absolute atomic E-state index is 11.8. The highest BCUT2D eigenvalue weighted by Crippen LogP contribution is 2.23. The van der Waals surface area contributed by atoms with Crippen molar-refractivity contribution in [2.24, 2.45) is 0 Å². The minimum Gasteiger partial charge on any atom is -0.467 e. The van der Waals surface area contributed by atoms with Crippen LogP contribution in [0.15, 0.2) is 44.8 Å². The van der Waals surface area contributed by atoms with Crippen LogP contribution in [0.1, 0.15) is 10.6 Å². The summed E-state index contributed by atoms with van der Waals surface area (Å²) in [6.45, 7) is 0.476. The van der Waals surface area contributed by atoms with Gasteiger partial charge in [-0.05, 0) is 46.3 Å². The quantitative estimate of drug-likeness (QED) is 0.801. The first-order valence-corrected chi connectivity index (χ1v) is 6.97. The second-order valence-corrected chi connectivity index (χ2v) is 6.24.